The molecule has 0 spiro atoms. The smallest absolute Gasteiger partial charge is 0.322 e. The Kier molecular flexibility index (Phi) is 5.76. The van der Waals surface area contributed by atoms with E-state index in [9.17, 15) is 26.7 Å². The maximum absolute atomic E-state index is 13.7. The summed E-state index contributed by atoms with van der Waals surface area (Å²) in [5, 5.41) is 9.59. The molecule has 1 aliphatic rings. The van der Waals surface area contributed by atoms with Gasteiger partial charge in [0.05, 0.1) is 11.3 Å². The van der Waals surface area contributed by atoms with E-state index < -0.39 is 41.4 Å². The Morgan fingerprint density at radius 1 is 1.10 bits per heavy atom. The van der Waals surface area contributed by atoms with Gasteiger partial charge in [-0.2, -0.15) is 13.2 Å². The predicted molar refractivity (Wildman–Crippen MR) is 99.0 cm³/mol. The molecule has 29 heavy (non-hydrogen) atoms. The molecule has 0 bridgehead atoms. The van der Waals surface area contributed by atoms with E-state index in [-0.39, 0.29) is 11.6 Å². The summed E-state index contributed by atoms with van der Waals surface area (Å²) < 4.78 is 64.8. The molecule has 0 aliphatic heterocycles. The van der Waals surface area contributed by atoms with E-state index in [1.54, 1.807) is 0 Å². The van der Waals surface area contributed by atoms with E-state index in [0.717, 1.165) is 25.0 Å². The minimum Gasteiger partial charge on any atom is -0.322 e. The molecule has 0 saturated heterocycles. The van der Waals surface area contributed by atoms with Gasteiger partial charge in [-0.1, -0.05) is 6.07 Å². The first kappa shape index (κ1) is 20.6. The molecule has 0 radical (unpaired) electrons. The minimum atomic E-state index is -4.68. The highest BCUT2D eigenvalue weighted by Gasteiger charge is 2.37. The van der Waals surface area contributed by atoms with E-state index in [0.29, 0.717) is 11.4 Å². The molecule has 2 aromatic rings. The fraction of sp³-hybridized carbons (Fsp3) is 0.250. The lowest BCUT2D eigenvalue weighted by Crippen LogP contribution is -2.25. The third kappa shape index (κ3) is 5.24. The summed E-state index contributed by atoms with van der Waals surface area (Å²) in [6, 6.07) is 9.12. The topological polar surface area (TPSA) is 65.3 Å². The van der Waals surface area contributed by atoms with Gasteiger partial charge in [0.2, 0.25) is 0 Å². The molecule has 1 aliphatic carbocycles. The van der Waals surface area contributed by atoms with Crippen LogP contribution in [0.15, 0.2) is 47.5 Å². The van der Waals surface area contributed by atoms with Gasteiger partial charge >= 0.3 is 6.18 Å². The number of rotatable bonds is 6. The maximum Gasteiger partial charge on any atom is 0.429 e. The SMILES string of the molecule is N=C(CC(=Nc1ccc(NC(=O)c2cccc(F)c2F)cc1)C1CC1)C(F)(F)F. The van der Waals surface area contributed by atoms with Crippen molar-refractivity contribution >= 4 is 28.7 Å². The summed E-state index contributed by atoms with van der Waals surface area (Å²) >= 11 is 0. The number of carbonyl (C=O) groups is 1. The lowest BCUT2D eigenvalue weighted by Gasteiger charge is -2.10. The fourth-order valence-corrected chi connectivity index (χ4v) is 2.64. The first-order chi connectivity index (χ1) is 13.6. The van der Waals surface area contributed by atoms with Crippen molar-refractivity contribution in [3.63, 3.8) is 0 Å². The van der Waals surface area contributed by atoms with Crippen molar-refractivity contribution in [1.29, 1.82) is 5.41 Å². The van der Waals surface area contributed by atoms with E-state index >= 15 is 0 Å². The van der Waals surface area contributed by atoms with Gasteiger partial charge in [-0.3, -0.25) is 9.79 Å². The summed E-state index contributed by atoms with van der Waals surface area (Å²) in [4.78, 5) is 16.3. The van der Waals surface area contributed by atoms with Crippen molar-refractivity contribution in [3.8, 4) is 0 Å². The van der Waals surface area contributed by atoms with Crippen molar-refractivity contribution in [2.24, 2.45) is 10.9 Å². The summed E-state index contributed by atoms with van der Waals surface area (Å²) in [5.41, 5.74) is -0.839. The van der Waals surface area contributed by atoms with Gasteiger partial charge in [0.25, 0.3) is 5.91 Å². The number of nitrogens with zero attached hydrogens (tertiary/aromatic N) is 1. The summed E-state index contributed by atoms with van der Waals surface area (Å²) in [6.07, 6.45) is -3.78. The van der Waals surface area contributed by atoms with Gasteiger partial charge in [0.15, 0.2) is 11.6 Å². The maximum atomic E-state index is 13.7. The number of nitrogens with one attached hydrogen (secondary N) is 2. The minimum absolute atomic E-state index is 0.0620. The van der Waals surface area contributed by atoms with Crippen LogP contribution in [-0.4, -0.2) is 23.5 Å². The van der Waals surface area contributed by atoms with Gasteiger partial charge in [-0.05, 0) is 55.2 Å². The van der Waals surface area contributed by atoms with Crippen LogP contribution in [-0.2, 0) is 0 Å². The molecule has 1 fully saturated rings. The van der Waals surface area contributed by atoms with Crippen molar-refractivity contribution < 1.29 is 26.7 Å². The largest absolute Gasteiger partial charge is 0.429 e. The highest BCUT2D eigenvalue weighted by Crippen LogP contribution is 2.35. The highest BCUT2D eigenvalue weighted by atomic mass is 19.4. The van der Waals surface area contributed by atoms with Gasteiger partial charge in [-0.25, -0.2) is 8.78 Å². The molecule has 0 atom stereocenters. The summed E-state index contributed by atoms with van der Waals surface area (Å²) in [6.45, 7) is 0. The van der Waals surface area contributed by atoms with Crippen molar-refractivity contribution in [2.75, 3.05) is 5.32 Å². The summed E-state index contributed by atoms with van der Waals surface area (Å²) in [5.74, 6) is -3.30. The number of hydrogen-bond acceptors (Lipinski definition) is 3. The number of halogens is 5. The molecule has 2 N–H and O–H groups in total. The lowest BCUT2D eigenvalue weighted by molar-refractivity contribution is -0.0605. The molecular formula is C20H16F5N3O. The molecule has 0 aromatic heterocycles. The third-order valence-electron chi connectivity index (χ3n) is 4.34. The first-order valence-electron chi connectivity index (χ1n) is 8.72. The van der Waals surface area contributed by atoms with Crippen LogP contribution in [0.5, 0.6) is 0 Å². The normalized spacial score (nSPS) is 14.6. The van der Waals surface area contributed by atoms with Crippen LogP contribution >= 0.6 is 0 Å². The number of amides is 1. The van der Waals surface area contributed by atoms with Crippen molar-refractivity contribution in [1.82, 2.24) is 0 Å². The molecule has 2 aromatic carbocycles. The Labute approximate surface area is 163 Å². The van der Waals surface area contributed by atoms with Crippen molar-refractivity contribution in [2.45, 2.75) is 25.4 Å². The predicted octanol–water partition coefficient (Wildman–Crippen LogP) is 5.67. The second-order valence-electron chi connectivity index (χ2n) is 6.63. The van der Waals surface area contributed by atoms with E-state index in [1.165, 1.54) is 30.3 Å². The Morgan fingerprint density at radius 3 is 2.34 bits per heavy atom. The van der Waals surface area contributed by atoms with E-state index in [2.05, 4.69) is 10.3 Å². The zero-order valence-electron chi connectivity index (χ0n) is 15.0. The number of benzene rings is 2. The molecule has 3 rings (SSSR count). The van der Waals surface area contributed by atoms with Crippen LogP contribution in [0.2, 0.25) is 0 Å². The second kappa shape index (κ2) is 8.10. The van der Waals surface area contributed by atoms with Gasteiger partial charge < -0.3 is 10.7 Å². The highest BCUT2D eigenvalue weighted by molar-refractivity contribution is 6.08. The third-order valence-corrected chi connectivity index (χ3v) is 4.34. The van der Waals surface area contributed by atoms with Gasteiger partial charge in [-0.15, -0.1) is 0 Å². The molecule has 4 nitrogen and oxygen atoms in total. The lowest BCUT2D eigenvalue weighted by atomic mass is 10.1. The molecule has 0 heterocycles. The van der Waals surface area contributed by atoms with Crippen LogP contribution in [0.4, 0.5) is 33.3 Å². The number of anilines is 1. The zero-order valence-corrected chi connectivity index (χ0v) is 15.0. The van der Waals surface area contributed by atoms with Gasteiger partial charge in [0.1, 0.15) is 5.71 Å². The second-order valence-corrected chi connectivity index (χ2v) is 6.63. The van der Waals surface area contributed by atoms with Crippen LogP contribution in [0, 0.1) is 23.0 Å². The zero-order chi connectivity index (χ0) is 21.2. The van der Waals surface area contributed by atoms with Crippen LogP contribution in [0.25, 0.3) is 0 Å². The Morgan fingerprint density at radius 2 is 1.76 bits per heavy atom. The monoisotopic (exact) mass is 409 g/mol. The molecule has 0 unspecified atom stereocenters. The van der Waals surface area contributed by atoms with E-state index in [4.69, 9.17) is 5.41 Å². The molecule has 1 amide bonds. The summed E-state index contributed by atoms with van der Waals surface area (Å²) in [7, 11) is 0. The average Bonchev–Trinajstić information content (AvgIpc) is 3.49. The standard InChI is InChI=1S/C20H16F5N3O/c21-15-3-1-2-14(18(15)22)19(29)28-13-8-6-12(7-9-13)27-16(11-4-5-11)10-17(26)20(23,24)25/h1-3,6-9,11,26H,4-5,10H2,(H,28,29). The molecule has 9 heteroatoms. The number of carbonyl (C=O) groups excluding carboxylic acids is 1. The van der Waals surface area contributed by atoms with Crippen LogP contribution in [0.3, 0.4) is 0 Å². The molecule has 1 saturated carbocycles. The number of alkyl halides is 3. The fourth-order valence-electron chi connectivity index (χ4n) is 2.64. The first-order valence-corrected chi connectivity index (χ1v) is 8.72. The van der Waals surface area contributed by atoms with Crippen molar-refractivity contribution in [3.05, 3.63) is 59.7 Å². The Bertz CT molecular complexity index is 963. The Balaban J connectivity index is 1.72. The van der Waals surface area contributed by atoms with E-state index in [1.807, 2.05) is 0 Å². The van der Waals surface area contributed by atoms with Crippen LogP contribution in [0.1, 0.15) is 29.6 Å². The van der Waals surface area contributed by atoms with Gasteiger partial charge in [0, 0.05) is 17.8 Å². The number of hydrogen-bond donors (Lipinski definition) is 2. The number of aliphatic imine (C=N–C) groups is 1. The molecule has 152 valence electrons. The van der Waals surface area contributed by atoms with Crippen LogP contribution < -0.4 is 5.32 Å². The Hall–Kier alpha value is -3.10. The quantitative estimate of drug-likeness (QED) is 0.468. The molecular weight excluding hydrogens is 393 g/mol. The average molecular weight is 409 g/mol.